The number of H-pyrrole nitrogens is 1. The van der Waals surface area contributed by atoms with Crippen LogP contribution in [0, 0.1) is 0 Å². The van der Waals surface area contributed by atoms with Gasteiger partial charge in [0, 0.05) is 84.7 Å². The zero-order valence-electron chi connectivity index (χ0n) is 63.7. The number of hydrogen-bond donors (Lipinski definition) is 14. The minimum absolute atomic E-state index is 0.00440. The molecule has 0 aromatic carbocycles. The van der Waals surface area contributed by atoms with Crippen LogP contribution in [0.2, 0.25) is 0 Å². The Morgan fingerprint density at radius 3 is 0.908 bits per heavy atom. The number of carbonyl (C=O) groups excluding carboxylic acids is 12. The summed E-state index contributed by atoms with van der Waals surface area (Å²) in [6, 6.07) is 1.24. The third-order valence-electron chi connectivity index (χ3n) is 18.0. The van der Waals surface area contributed by atoms with Gasteiger partial charge in [-0.15, -0.1) is 0 Å². The number of nitrogens with zero attached hydrogens (tertiary/aromatic N) is 27. The van der Waals surface area contributed by atoms with Crippen molar-refractivity contribution in [2.75, 3.05) is 152 Å². The molecular formula is C65H81N41O14. The minimum Gasteiger partial charge on any atom is -0.383 e. The van der Waals surface area contributed by atoms with Crippen LogP contribution >= 0.6 is 0 Å². The minimum atomic E-state index is -0.931. The summed E-state index contributed by atoms with van der Waals surface area (Å²) in [5, 5.41) is 13.1. The lowest BCUT2D eigenvalue weighted by Gasteiger charge is -2.26. The van der Waals surface area contributed by atoms with E-state index in [1.807, 2.05) is 0 Å². The molecule has 11 aromatic rings. The highest BCUT2D eigenvalue weighted by molar-refractivity contribution is 5.92. The molecule has 0 radical (unpaired) electrons. The Labute approximate surface area is 673 Å². The Kier molecular flexibility index (Phi) is 27.4. The molecule has 120 heavy (non-hydrogen) atoms. The summed E-state index contributed by atoms with van der Waals surface area (Å²) in [4.78, 5) is 261. The third kappa shape index (κ3) is 21.6. The van der Waals surface area contributed by atoms with Crippen LogP contribution in [0.5, 0.6) is 0 Å². The van der Waals surface area contributed by atoms with Gasteiger partial charge in [-0.05, 0) is 6.07 Å². The van der Waals surface area contributed by atoms with Crippen molar-refractivity contribution in [1.82, 2.24) is 163 Å². The fourth-order valence-electron chi connectivity index (χ4n) is 12.1. The largest absolute Gasteiger partial charge is 0.383 e. The Morgan fingerprint density at radius 1 is 0.342 bits per heavy atom. The Balaban J connectivity index is 0.738. The van der Waals surface area contributed by atoms with Crippen molar-refractivity contribution in [3.8, 4) is 0 Å². The molecule has 11 heterocycles. The number of amides is 12. The number of fused-ring (bicyclic) bond motifs is 5. The van der Waals surface area contributed by atoms with E-state index in [1.54, 1.807) is 0 Å². The monoisotopic (exact) mass is 1660 g/mol. The number of nitrogen functional groups attached to an aromatic ring is 6. The average Bonchev–Trinajstić information content (AvgIpc) is 1.68. The van der Waals surface area contributed by atoms with Crippen molar-refractivity contribution >= 4 is 162 Å². The fourth-order valence-corrected chi connectivity index (χ4v) is 12.1. The van der Waals surface area contributed by atoms with Crippen molar-refractivity contribution in [3.63, 3.8) is 0 Å². The van der Waals surface area contributed by atoms with Gasteiger partial charge in [0.1, 0.15) is 92.5 Å². The standard InChI is InChI=1S/C65H81N41O14/c66-2-9-95(44(114)22-102-31-87-49-54(69)79-27-83-58(49)102)16-38(108)75-5-14-100(48(118)26-106-35-91-53-62(106)93-64(73)94-63(53)119)20-42(112)76-4-11-97(43(113)21-101-8-1-36(67)92-65(101)120)17-39(109)77-6-12-99(47(117)25-105-34-90-52-57(72)82-30-86-61(52)105)19-41(111)78-7-13-98(46(116)24-104-33-89-51-56(71)81-29-85-60(51)104)18-40(110)74-3-10-96(15-37(68)107)45(115)23-103-32-88-50-55(70)80-28-84-59(50)103/h1,8,27-35H,2-7,9-26,66H2,(H2,68,107)(H,74,110)(H,75,108)(H,76,112)(H,77,109)(H,78,111)(H2,67,92,120)(H2,69,79,83)(H2,70,80,84)(H2,71,81,85)(H2,72,82,86)(H3,73,93,94,119). The zero-order valence-corrected chi connectivity index (χ0v) is 63.7. The number of imidazole rings is 5. The summed E-state index contributed by atoms with van der Waals surface area (Å²) in [6.45, 7) is -10.3. The van der Waals surface area contributed by atoms with Crippen LogP contribution in [0.15, 0.2) is 78.8 Å². The van der Waals surface area contributed by atoms with Crippen LogP contribution in [0.1, 0.15) is 0 Å². The van der Waals surface area contributed by atoms with E-state index in [0.29, 0.717) is 0 Å². The van der Waals surface area contributed by atoms with Gasteiger partial charge in [0.2, 0.25) is 76.8 Å². The van der Waals surface area contributed by atoms with Crippen molar-refractivity contribution in [2.24, 2.45) is 11.5 Å². The number of hydrogen-bond acceptors (Lipinski definition) is 36. The maximum absolute atomic E-state index is 14.4. The summed E-state index contributed by atoms with van der Waals surface area (Å²) >= 11 is 0. The van der Waals surface area contributed by atoms with Gasteiger partial charge in [0.15, 0.2) is 57.0 Å². The first-order chi connectivity index (χ1) is 57.6. The number of nitrogens with two attached hydrogens (primary N) is 8. The number of aromatic amines is 1. The quantitative estimate of drug-likeness (QED) is 0.0169. The van der Waals surface area contributed by atoms with E-state index in [1.165, 1.54) is 78.0 Å². The molecule has 55 nitrogen and oxygen atoms in total. The van der Waals surface area contributed by atoms with Gasteiger partial charge in [-0.3, -0.25) is 71.9 Å². The SMILES string of the molecule is NCCN(CC(=O)NCCN(CC(=O)NCCN(CC(=O)NCCN(CC(=O)NCCN(CC(=O)NCCN(CC(N)=O)C(=O)Cn1cnc2c(N)ncnc21)C(=O)Cn1cnc2c(N)ncnc21)C(=O)Cn1cnc2c(N)ncnc21)C(=O)Cn1ccc(N)nc1=O)C(=O)Cn1cnc2c(=O)[nH]c(N)nc21)C(=O)Cn1cnc2c(N)ncnc21. The van der Waals surface area contributed by atoms with E-state index < -0.39 is 174 Å². The number of rotatable bonds is 41. The van der Waals surface area contributed by atoms with E-state index >= 15 is 0 Å². The number of nitrogens with one attached hydrogen (secondary N) is 6. The molecule has 11 aromatic heterocycles. The van der Waals surface area contributed by atoms with E-state index in [0.717, 1.165) is 48.0 Å². The second-order valence-corrected chi connectivity index (χ2v) is 26.4. The van der Waals surface area contributed by atoms with Crippen LogP contribution < -0.4 is 83.7 Å². The lowest BCUT2D eigenvalue weighted by Crippen LogP contribution is -2.50. The van der Waals surface area contributed by atoms with Gasteiger partial charge in [-0.1, -0.05) is 0 Å². The molecule has 0 saturated heterocycles. The number of primary amides is 1. The summed E-state index contributed by atoms with van der Waals surface area (Å²) in [7, 11) is 0. The molecule has 0 aliphatic heterocycles. The van der Waals surface area contributed by atoms with E-state index in [2.05, 4.69) is 106 Å². The Bertz CT molecular complexity index is 5830. The highest BCUT2D eigenvalue weighted by Gasteiger charge is 2.28. The molecule has 0 aliphatic carbocycles. The lowest BCUT2D eigenvalue weighted by molar-refractivity contribution is -0.138. The van der Waals surface area contributed by atoms with Gasteiger partial charge >= 0.3 is 5.69 Å². The molecule has 0 bridgehead atoms. The summed E-state index contributed by atoms with van der Waals surface area (Å²) in [5.74, 6) is -9.30. The number of carbonyl (C=O) groups is 12. The van der Waals surface area contributed by atoms with Crippen LogP contribution in [-0.4, -0.2) is 325 Å². The fraction of sp³-hybridized carbons (Fsp3) is 0.369. The van der Waals surface area contributed by atoms with Crippen LogP contribution in [-0.2, 0) is 96.8 Å². The molecule has 0 unspecified atom stereocenters. The second-order valence-electron chi connectivity index (χ2n) is 26.4. The van der Waals surface area contributed by atoms with E-state index in [9.17, 15) is 67.1 Å². The predicted molar refractivity (Wildman–Crippen MR) is 417 cm³/mol. The molecule has 55 heteroatoms. The Hall–Kier alpha value is -16.2. The highest BCUT2D eigenvalue weighted by Crippen LogP contribution is 2.19. The van der Waals surface area contributed by atoms with Gasteiger partial charge < -0.3 is 125 Å². The molecule has 630 valence electrons. The van der Waals surface area contributed by atoms with E-state index in [4.69, 9.17) is 45.9 Å². The molecule has 12 amide bonds. The van der Waals surface area contributed by atoms with E-state index in [-0.39, 0.29) is 156 Å². The summed E-state index contributed by atoms with van der Waals surface area (Å²) < 4.78 is 7.58. The third-order valence-corrected chi connectivity index (χ3v) is 18.0. The van der Waals surface area contributed by atoms with Gasteiger partial charge in [-0.25, -0.2) is 69.6 Å². The second kappa shape index (κ2) is 38.8. The maximum Gasteiger partial charge on any atom is 0.349 e. The predicted octanol–water partition coefficient (Wildman–Crippen LogP) is -11.8. The van der Waals surface area contributed by atoms with Gasteiger partial charge in [-0.2, -0.15) is 9.97 Å². The molecule has 0 atom stereocenters. The Morgan fingerprint density at radius 2 is 0.617 bits per heavy atom. The smallest absolute Gasteiger partial charge is 0.349 e. The summed E-state index contributed by atoms with van der Waals surface area (Å²) in [6.07, 6.45) is 12.2. The van der Waals surface area contributed by atoms with Crippen LogP contribution in [0.25, 0.3) is 55.8 Å². The normalized spacial score (nSPS) is 11.2. The molecule has 0 spiro atoms. The highest BCUT2D eigenvalue weighted by atomic mass is 16.2. The first-order valence-electron chi connectivity index (χ1n) is 36.3. The molecule has 11 rings (SSSR count). The van der Waals surface area contributed by atoms with Crippen LogP contribution in [0.3, 0.4) is 0 Å². The summed E-state index contributed by atoms with van der Waals surface area (Å²) in [5.41, 5.74) is 46.5. The van der Waals surface area contributed by atoms with Gasteiger partial charge in [0.25, 0.3) is 5.56 Å². The molecule has 0 fully saturated rings. The van der Waals surface area contributed by atoms with Gasteiger partial charge in [0.05, 0.1) is 70.9 Å². The zero-order chi connectivity index (χ0) is 85.8. The topological polar surface area (TPSA) is 765 Å². The lowest BCUT2D eigenvalue weighted by atomic mass is 10.3. The number of aromatic nitrogens is 22. The number of anilines is 6. The molecular weight excluding hydrogens is 1580 g/mol. The van der Waals surface area contributed by atoms with Crippen molar-refractivity contribution < 1.29 is 57.5 Å². The maximum atomic E-state index is 14.4. The average molecular weight is 1660 g/mol. The molecule has 22 N–H and O–H groups in total. The first-order valence-corrected chi connectivity index (χ1v) is 36.3. The molecule has 0 saturated carbocycles. The first kappa shape index (κ1) is 84.7. The van der Waals surface area contributed by atoms with Crippen LogP contribution in [0.4, 0.5) is 35.0 Å². The van der Waals surface area contributed by atoms with Crippen molar-refractivity contribution in [1.29, 1.82) is 0 Å². The molecule has 0 aliphatic rings. The van der Waals surface area contributed by atoms with Crippen molar-refractivity contribution in [2.45, 2.75) is 39.3 Å². The van der Waals surface area contributed by atoms with Crippen molar-refractivity contribution in [3.05, 3.63) is 90.0 Å².